The van der Waals surface area contributed by atoms with Crippen molar-refractivity contribution in [2.24, 2.45) is 0 Å². The molecular formula is C33H31FN2O6S. The average Bonchev–Trinajstić information content (AvgIpc) is 3.38. The summed E-state index contributed by atoms with van der Waals surface area (Å²) in [6, 6.07) is 27.6. The molecule has 4 atom stereocenters. The lowest BCUT2D eigenvalue weighted by atomic mass is 9.84. The van der Waals surface area contributed by atoms with Crippen molar-refractivity contribution in [3.63, 3.8) is 0 Å². The van der Waals surface area contributed by atoms with E-state index < -0.39 is 34.2 Å². The summed E-state index contributed by atoms with van der Waals surface area (Å²) in [6.45, 7) is 0.0880. The van der Waals surface area contributed by atoms with E-state index in [-0.39, 0.29) is 29.7 Å². The number of nitrogens with one attached hydrogen (secondary N) is 2. The van der Waals surface area contributed by atoms with Gasteiger partial charge in [0.1, 0.15) is 23.8 Å². The molecule has 2 aliphatic heterocycles. The van der Waals surface area contributed by atoms with Crippen LogP contribution in [0.2, 0.25) is 0 Å². The Labute approximate surface area is 249 Å². The van der Waals surface area contributed by atoms with Crippen LogP contribution in [0.15, 0.2) is 102 Å². The smallest absolute Gasteiger partial charge is 0.261 e. The van der Waals surface area contributed by atoms with Crippen LogP contribution in [0.25, 0.3) is 11.1 Å². The molecule has 222 valence electrons. The largest absolute Gasteiger partial charge is 0.487 e. The summed E-state index contributed by atoms with van der Waals surface area (Å²) >= 11 is 0. The molecule has 6 rings (SSSR count). The van der Waals surface area contributed by atoms with Crippen molar-refractivity contribution in [3.8, 4) is 16.9 Å². The minimum absolute atomic E-state index is 0.0619. The second kappa shape index (κ2) is 12.2. The van der Waals surface area contributed by atoms with Gasteiger partial charge in [-0.1, -0.05) is 54.6 Å². The monoisotopic (exact) mass is 602 g/mol. The number of sulfonamides is 1. The van der Waals surface area contributed by atoms with Crippen LogP contribution in [0.3, 0.4) is 0 Å². The van der Waals surface area contributed by atoms with E-state index in [1.54, 1.807) is 18.2 Å². The molecule has 0 aliphatic carbocycles. The topological polar surface area (TPSA) is 114 Å². The minimum Gasteiger partial charge on any atom is -0.487 e. The molecule has 43 heavy (non-hydrogen) atoms. The first-order chi connectivity index (χ1) is 20.8. The Bertz CT molecular complexity index is 1700. The van der Waals surface area contributed by atoms with Gasteiger partial charge in [-0.25, -0.2) is 12.8 Å². The number of amides is 1. The second-order valence-electron chi connectivity index (χ2n) is 10.8. The number of fused-ring (bicyclic) bond motifs is 3. The van der Waals surface area contributed by atoms with Crippen molar-refractivity contribution in [1.29, 1.82) is 0 Å². The molecule has 4 aromatic rings. The second-order valence-corrected chi connectivity index (χ2v) is 12.4. The van der Waals surface area contributed by atoms with E-state index >= 15 is 0 Å². The van der Waals surface area contributed by atoms with Gasteiger partial charge in [0.25, 0.3) is 10.0 Å². The summed E-state index contributed by atoms with van der Waals surface area (Å²) in [4.78, 5) is 12.8. The van der Waals surface area contributed by atoms with Gasteiger partial charge in [-0.2, -0.15) is 0 Å². The number of carbonyl (C=O) groups excluding carboxylic acids is 1. The van der Waals surface area contributed by atoms with E-state index in [0.717, 1.165) is 34.4 Å². The van der Waals surface area contributed by atoms with Crippen molar-refractivity contribution >= 4 is 21.6 Å². The maximum absolute atomic E-state index is 13.3. The fourth-order valence-electron chi connectivity index (χ4n) is 5.71. The lowest BCUT2D eigenvalue weighted by molar-refractivity contribution is -0.142. The standard InChI is InChI=1S/C33H31FN2O6S/c34-24-10-13-27(14-11-24)43(39,40)36-25-12-15-30-28(16-25)29-17-26(41-31(20-37)33(29)42-30)18-32(38)35-19-21-6-8-23(9-7-21)22-4-2-1-3-5-22/h1-16,26,29,31,33,36-37H,17-20H2,(H,35,38)/t26-,29+,31+,33-/m0/s1. The van der Waals surface area contributed by atoms with Crippen molar-refractivity contribution < 1.29 is 32.2 Å². The Morgan fingerprint density at radius 1 is 0.930 bits per heavy atom. The zero-order valence-corrected chi connectivity index (χ0v) is 24.0. The minimum atomic E-state index is -3.94. The molecule has 10 heteroatoms. The van der Waals surface area contributed by atoms with Gasteiger partial charge in [0.15, 0.2) is 0 Å². The third-order valence-electron chi connectivity index (χ3n) is 7.84. The predicted molar refractivity (Wildman–Crippen MR) is 160 cm³/mol. The number of aliphatic hydroxyl groups is 1. The van der Waals surface area contributed by atoms with Crippen molar-refractivity contribution in [3.05, 3.63) is 114 Å². The van der Waals surface area contributed by atoms with Crippen LogP contribution in [0.4, 0.5) is 10.1 Å². The molecule has 2 heterocycles. The molecule has 8 nitrogen and oxygen atoms in total. The van der Waals surface area contributed by atoms with Crippen molar-refractivity contribution in [1.82, 2.24) is 5.32 Å². The summed E-state index contributed by atoms with van der Waals surface area (Å²) < 4.78 is 53.7. The van der Waals surface area contributed by atoms with Crippen LogP contribution in [-0.2, 0) is 26.1 Å². The number of anilines is 1. The highest BCUT2D eigenvalue weighted by Gasteiger charge is 2.46. The molecule has 0 spiro atoms. The Hall–Kier alpha value is -4.25. The van der Waals surface area contributed by atoms with Gasteiger partial charge < -0.3 is 19.9 Å². The maximum Gasteiger partial charge on any atom is 0.261 e. The lowest BCUT2D eigenvalue weighted by Gasteiger charge is -2.37. The van der Waals surface area contributed by atoms with Crippen molar-refractivity contribution in [2.45, 2.75) is 48.5 Å². The molecule has 0 aromatic heterocycles. The van der Waals surface area contributed by atoms with Gasteiger partial charge >= 0.3 is 0 Å². The fourth-order valence-corrected chi connectivity index (χ4v) is 6.76. The highest BCUT2D eigenvalue weighted by molar-refractivity contribution is 7.92. The quantitative estimate of drug-likeness (QED) is 0.249. The molecule has 0 radical (unpaired) electrons. The summed E-state index contributed by atoms with van der Waals surface area (Å²) in [5, 5.41) is 13.0. The molecule has 1 fully saturated rings. The SMILES string of the molecule is O=C(C[C@@H]1C[C@@H]2c3cc(NS(=O)(=O)c4ccc(F)cc4)ccc3O[C@@H]2[C@@H](CO)O1)NCc1ccc(-c2ccccc2)cc1. The first kappa shape index (κ1) is 28.9. The number of ether oxygens (including phenoxy) is 2. The maximum atomic E-state index is 13.3. The first-order valence-electron chi connectivity index (χ1n) is 14.1. The van der Waals surface area contributed by atoms with Gasteiger partial charge in [0, 0.05) is 23.7 Å². The molecule has 2 aliphatic rings. The van der Waals surface area contributed by atoms with E-state index in [1.807, 2.05) is 54.6 Å². The molecular weight excluding hydrogens is 571 g/mol. The van der Waals surface area contributed by atoms with Crippen LogP contribution < -0.4 is 14.8 Å². The van der Waals surface area contributed by atoms with Gasteiger partial charge in [0.2, 0.25) is 5.91 Å². The molecule has 3 N–H and O–H groups in total. The van der Waals surface area contributed by atoms with E-state index in [9.17, 15) is 22.7 Å². The summed E-state index contributed by atoms with van der Waals surface area (Å²) in [7, 11) is -3.94. The number of hydrogen-bond acceptors (Lipinski definition) is 6. The number of carbonyl (C=O) groups is 1. The van der Waals surface area contributed by atoms with Crippen LogP contribution >= 0.6 is 0 Å². The third kappa shape index (κ3) is 6.41. The van der Waals surface area contributed by atoms with Crippen LogP contribution in [0.1, 0.15) is 29.9 Å². The van der Waals surface area contributed by atoms with E-state index in [4.69, 9.17) is 9.47 Å². The Kier molecular flexibility index (Phi) is 8.16. The van der Waals surface area contributed by atoms with Crippen molar-refractivity contribution in [2.75, 3.05) is 11.3 Å². The number of halogens is 1. The van der Waals surface area contributed by atoms with Gasteiger partial charge in [-0.3, -0.25) is 9.52 Å². The predicted octanol–water partition coefficient (Wildman–Crippen LogP) is 4.99. The molecule has 0 unspecified atom stereocenters. The molecule has 1 saturated heterocycles. The highest BCUT2D eigenvalue weighted by atomic mass is 32.2. The average molecular weight is 603 g/mol. The summed E-state index contributed by atoms with van der Waals surface area (Å²) in [6.07, 6.45) is -1.01. The van der Waals surface area contributed by atoms with E-state index in [1.165, 1.54) is 12.1 Å². The molecule has 4 aromatic carbocycles. The van der Waals surface area contributed by atoms with Crippen LogP contribution in [0, 0.1) is 5.82 Å². The number of hydrogen-bond donors (Lipinski definition) is 3. The zero-order valence-electron chi connectivity index (χ0n) is 23.2. The first-order valence-corrected chi connectivity index (χ1v) is 15.5. The summed E-state index contributed by atoms with van der Waals surface area (Å²) in [5.74, 6) is -0.337. The van der Waals surface area contributed by atoms with Gasteiger partial charge in [-0.15, -0.1) is 0 Å². The van der Waals surface area contributed by atoms with Gasteiger partial charge in [-0.05, 0) is 65.6 Å². The molecule has 0 saturated carbocycles. The molecule has 1 amide bonds. The van der Waals surface area contributed by atoms with E-state index in [0.29, 0.717) is 24.4 Å². The Balaban J connectivity index is 1.10. The highest BCUT2D eigenvalue weighted by Crippen LogP contribution is 2.47. The summed E-state index contributed by atoms with van der Waals surface area (Å²) in [5.41, 5.74) is 4.29. The van der Waals surface area contributed by atoms with Gasteiger partial charge in [0.05, 0.1) is 24.0 Å². The Morgan fingerprint density at radius 3 is 2.37 bits per heavy atom. The Morgan fingerprint density at radius 2 is 1.65 bits per heavy atom. The van der Waals surface area contributed by atoms with Crippen LogP contribution in [0.5, 0.6) is 5.75 Å². The number of benzene rings is 4. The zero-order chi connectivity index (χ0) is 30.0. The lowest BCUT2D eigenvalue weighted by Crippen LogP contribution is -2.47. The van der Waals surface area contributed by atoms with Crippen LogP contribution in [-0.4, -0.2) is 44.4 Å². The number of rotatable bonds is 9. The number of aliphatic hydroxyl groups excluding tert-OH is 1. The normalized spacial score (nSPS) is 20.9. The van der Waals surface area contributed by atoms with E-state index in [2.05, 4.69) is 10.0 Å². The molecule has 0 bridgehead atoms. The third-order valence-corrected chi connectivity index (χ3v) is 9.24. The fraction of sp³-hybridized carbons (Fsp3) is 0.242.